The third kappa shape index (κ3) is 5.44. The predicted molar refractivity (Wildman–Crippen MR) is 94.8 cm³/mol. The summed E-state index contributed by atoms with van der Waals surface area (Å²) in [4.78, 5) is 13.9. The first-order valence-electron chi connectivity index (χ1n) is 7.40. The normalized spacial score (nSPS) is 10.5. The topological polar surface area (TPSA) is 56.1 Å². The van der Waals surface area contributed by atoms with E-state index >= 15 is 0 Å². The Morgan fingerprint density at radius 1 is 1.29 bits per heavy atom. The summed E-state index contributed by atoms with van der Waals surface area (Å²) < 4.78 is 14.6. The molecule has 6 heteroatoms. The number of nitrogens with zero attached hydrogens (tertiary/aromatic N) is 2. The molecule has 0 spiro atoms. The highest BCUT2D eigenvalue weighted by molar-refractivity contribution is 9.10. The van der Waals surface area contributed by atoms with Gasteiger partial charge in [0.2, 0.25) is 5.91 Å². The molecular weight excluding hydrogens is 373 g/mol. The fourth-order valence-electron chi connectivity index (χ4n) is 2.18. The lowest BCUT2D eigenvalue weighted by atomic mass is 10.2. The molecule has 0 saturated heterocycles. The predicted octanol–water partition coefficient (Wildman–Crippen LogP) is 3.92. The van der Waals surface area contributed by atoms with Gasteiger partial charge in [-0.05, 0) is 49.5 Å². The Labute approximate surface area is 149 Å². The highest BCUT2D eigenvalue weighted by Crippen LogP contribution is 2.17. The van der Waals surface area contributed by atoms with Gasteiger partial charge in [-0.2, -0.15) is 5.26 Å². The van der Waals surface area contributed by atoms with Crippen molar-refractivity contribution in [2.45, 2.75) is 13.0 Å². The Bertz CT molecular complexity index is 756. The minimum atomic E-state index is -0.257. The minimum Gasteiger partial charge on any atom is -0.326 e. The van der Waals surface area contributed by atoms with Crippen molar-refractivity contribution in [1.82, 2.24) is 4.90 Å². The highest BCUT2D eigenvalue weighted by atomic mass is 79.9. The van der Waals surface area contributed by atoms with Crippen LogP contribution in [0.2, 0.25) is 0 Å². The summed E-state index contributed by atoms with van der Waals surface area (Å²) in [5, 5.41) is 11.5. The van der Waals surface area contributed by atoms with E-state index in [0.29, 0.717) is 36.3 Å². The molecule has 0 atom stereocenters. The van der Waals surface area contributed by atoms with Crippen molar-refractivity contribution < 1.29 is 9.18 Å². The number of carbonyl (C=O) groups is 1. The van der Waals surface area contributed by atoms with Gasteiger partial charge in [-0.15, -0.1) is 0 Å². The van der Waals surface area contributed by atoms with Crippen molar-refractivity contribution in [1.29, 1.82) is 5.26 Å². The van der Waals surface area contributed by atoms with Crippen LogP contribution in [0.3, 0.4) is 0 Å². The second kappa shape index (κ2) is 8.57. The molecule has 0 radical (unpaired) electrons. The summed E-state index contributed by atoms with van der Waals surface area (Å²) in [5.74, 6) is -0.381. The van der Waals surface area contributed by atoms with Crippen LogP contribution in [0.1, 0.15) is 17.5 Å². The van der Waals surface area contributed by atoms with E-state index in [1.165, 1.54) is 6.07 Å². The minimum absolute atomic E-state index is 0.124. The molecule has 24 heavy (non-hydrogen) atoms. The third-order valence-corrected chi connectivity index (χ3v) is 3.96. The summed E-state index contributed by atoms with van der Waals surface area (Å²) in [7, 11) is 1.84. The number of anilines is 1. The van der Waals surface area contributed by atoms with E-state index < -0.39 is 0 Å². The molecule has 4 nitrogen and oxygen atoms in total. The number of benzene rings is 2. The summed E-state index contributed by atoms with van der Waals surface area (Å²) in [6, 6.07) is 13.5. The Hall–Kier alpha value is -2.23. The van der Waals surface area contributed by atoms with Crippen molar-refractivity contribution >= 4 is 27.5 Å². The number of amides is 1. The van der Waals surface area contributed by atoms with Crippen LogP contribution in [-0.2, 0) is 11.3 Å². The van der Waals surface area contributed by atoms with Gasteiger partial charge in [-0.3, -0.25) is 4.79 Å². The van der Waals surface area contributed by atoms with Crippen LogP contribution < -0.4 is 5.32 Å². The van der Waals surface area contributed by atoms with Crippen LogP contribution in [0.25, 0.3) is 0 Å². The van der Waals surface area contributed by atoms with Gasteiger partial charge in [0.05, 0.1) is 11.6 Å². The molecule has 0 fully saturated rings. The molecule has 0 heterocycles. The molecule has 0 saturated carbocycles. The molecule has 0 aliphatic carbocycles. The van der Waals surface area contributed by atoms with Gasteiger partial charge in [0.1, 0.15) is 5.82 Å². The highest BCUT2D eigenvalue weighted by Gasteiger charge is 2.09. The zero-order chi connectivity index (χ0) is 17.5. The number of hydrogen-bond donors (Lipinski definition) is 1. The van der Waals surface area contributed by atoms with Gasteiger partial charge in [0, 0.05) is 35.2 Å². The second-order valence-corrected chi connectivity index (χ2v) is 6.38. The molecule has 2 aromatic carbocycles. The van der Waals surface area contributed by atoms with E-state index in [4.69, 9.17) is 5.26 Å². The maximum Gasteiger partial charge on any atom is 0.225 e. The van der Waals surface area contributed by atoms with Gasteiger partial charge in [-0.25, -0.2) is 4.39 Å². The second-order valence-electron chi connectivity index (χ2n) is 5.46. The monoisotopic (exact) mass is 389 g/mol. The lowest BCUT2D eigenvalue weighted by Crippen LogP contribution is -2.24. The Kier molecular flexibility index (Phi) is 6.47. The van der Waals surface area contributed by atoms with Crippen LogP contribution in [0.5, 0.6) is 0 Å². The van der Waals surface area contributed by atoms with Crippen molar-refractivity contribution in [2.24, 2.45) is 0 Å². The fraction of sp³-hybridized carbons (Fsp3) is 0.222. The molecule has 1 amide bonds. The van der Waals surface area contributed by atoms with E-state index in [2.05, 4.69) is 21.2 Å². The largest absolute Gasteiger partial charge is 0.326 e. The summed E-state index contributed by atoms with van der Waals surface area (Å²) in [6.45, 7) is 0.934. The molecule has 1 N–H and O–H groups in total. The van der Waals surface area contributed by atoms with E-state index in [-0.39, 0.29) is 11.7 Å². The van der Waals surface area contributed by atoms with Gasteiger partial charge >= 0.3 is 0 Å². The average molecular weight is 390 g/mol. The molecular formula is C18H17BrFN3O. The maximum atomic E-state index is 13.7. The van der Waals surface area contributed by atoms with Crippen molar-refractivity contribution in [3.05, 3.63) is 63.9 Å². The number of rotatable bonds is 6. The number of hydrogen-bond acceptors (Lipinski definition) is 3. The Morgan fingerprint density at radius 3 is 2.67 bits per heavy atom. The smallest absolute Gasteiger partial charge is 0.225 e. The standard InChI is InChI=1S/C18H17BrFN3O/c1-23(12-14-10-15(19)4-7-17(14)20)9-8-18(24)22-16-5-2-13(11-21)3-6-16/h2-7,10H,8-9,12H2,1H3,(H,22,24). The van der Waals surface area contributed by atoms with Crippen molar-refractivity contribution in [2.75, 3.05) is 18.9 Å². The van der Waals surface area contributed by atoms with E-state index in [9.17, 15) is 9.18 Å². The van der Waals surface area contributed by atoms with Gasteiger partial charge in [-0.1, -0.05) is 15.9 Å². The molecule has 0 aliphatic rings. The van der Waals surface area contributed by atoms with Crippen LogP contribution in [-0.4, -0.2) is 24.4 Å². The van der Waals surface area contributed by atoms with Crippen molar-refractivity contribution in [3.8, 4) is 6.07 Å². The molecule has 124 valence electrons. The maximum absolute atomic E-state index is 13.7. The van der Waals surface area contributed by atoms with E-state index in [1.54, 1.807) is 36.4 Å². The van der Waals surface area contributed by atoms with Crippen molar-refractivity contribution in [3.63, 3.8) is 0 Å². The van der Waals surface area contributed by atoms with Gasteiger partial charge < -0.3 is 10.2 Å². The SMILES string of the molecule is CN(CCC(=O)Nc1ccc(C#N)cc1)Cc1cc(Br)ccc1F. The van der Waals surface area contributed by atoms with Crippen LogP contribution in [0, 0.1) is 17.1 Å². The van der Waals surface area contributed by atoms with Gasteiger partial charge in [0.15, 0.2) is 0 Å². The number of nitriles is 1. The average Bonchev–Trinajstić information content (AvgIpc) is 2.57. The summed E-state index contributed by atoms with van der Waals surface area (Å²) in [6.07, 6.45) is 0.298. The first-order valence-corrected chi connectivity index (χ1v) is 8.19. The molecule has 2 aromatic rings. The molecule has 0 aliphatic heterocycles. The summed E-state index contributed by atoms with van der Waals surface area (Å²) >= 11 is 3.33. The lowest BCUT2D eigenvalue weighted by molar-refractivity contribution is -0.116. The molecule has 0 bridgehead atoms. The quantitative estimate of drug-likeness (QED) is 0.814. The Balaban J connectivity index is 1.82. The number of carbonyl (C=O) groups excluding carboxylic acids is 1. The first kappa shape index (κ1) is 18.1. The third-order valence-electron chi connectivity index (χ3n) is 3.47. The fourth-order valence-corrected chi connectivity index (χ4v) is 2.59. The number of halogens is 2. The van der Waals surface area contributed by atoms with Crippen LogP contribution in [0.4, 0.5) is 10.1 Å². The van der Waals surface area contributed by atoms with Gasteiger partial charge in [0.25, 0.3) is 0 Å². The Morgan fingerprint density at radius 2 is 2.00 bits per heavy atom. The first-order chi connectivity index (χ1) is 11.5. The lowest BCUT2D eigenvalue weighted by Gasteiger charge is -2.17. The van der Waals surface area contributed by atoms with E-state index in [1.807, 2.05) is 18.0 Å². The number of nitrogens with one attached hydrogen (secondary N) is 1. The van der Waals surface area contributed by atoms with Crippen LogP contribution >= 0.6 is 15.9 Å². The van der Waals surface area contributed by atoms with Crippen LogP contribution in [0.15, 0.2) is 46.9 Å². The van der Waals surface area contributed by atoms with E-state index in [0.717, 1.165) is 4.47 Å². The molecule has 0 aromatic heterocycles. The zero-order valence-electron chi connectivity index (χ0n) is 13.2. The molecule has 0 unspecified atom stereocenters. The molecule has 2 rings (SSSR count). The summed E-state index contributed by atoms with van der Waals surface area (Å²) in [5.41, 5.74) is 1.78. The zero-order valence-corrected chi connectivity index (χ0v) is 14.8.